The van der Waals surface area contributed by atoms with E-state index < -0.39 is 29.0 Å². The first-order valence-electron chi connectivity index (χ1n) is 14.1. The lowest BCUT2D eigenvalue weighted by Crippen LogP contribution is -2.44. The maximum atomic E-state index is 13.5. The molecule has 0 bridgehead atoms. The van der Waals surface area contributed by atoms with E-state index in [9.17, 15) is 39.3 Å². The van der Waals surface area contributed by atoms with Gasteiger partial charge < -0.3 is 15.3 Å². The summed E-state index contributed by atoms with van der Waals surface area (Å²) >= 11 is 0. The molecular formula is C33H26N6O8. The summed E-state index contributed by atoms with van der Waals surface area (Å²) in [5, 5.41) is 39.5. The van der Waals surface area contributed by atoms with Gasteiger partial charge in [-0.1, -0.05) is 6.08 Å². The highest BCUT2D eigenvalue weighted by molar-refractivity contribution is 6.08. The van der Waals surface area contributed by atoms with Crippen molar-refractivity contribution < 1.29 is 29.7 Å². The highest BCUT2D eigenvalue weighted by Crippen LogP contribution is 2.32. The normalized spacial score (nSPS) is 13.1. The van der Waals surface area contributed by atoms with Crippen LogP contribution in [0.1, 0.15) is 47.8 Å². The average molecular weight is 635 g/mol. The van der Waals surface area contributed by atoms with Crippen molar-refractivity contribution in [3.63, 3.8) is 0 Å². The molecule has 2 aromatic carbocycles. The minimum absolute atomic E-state index is 0.0479. The molecule has 4 heterocycles. The minimum atomic E-state index is -1.11. The number of rotatable bonds is 6. The molecule has 0 atom stereocenters. The van der Waals surface area contributed by atoms with Crippen molar-refractivity contribution in [2.75, 3.05) is 5.01 Å². The highest BCUT2D eigenvalue weighted by Gasteiger charge is 2.30. The third kappa shape index (κ3) is 4.79. The topological polar surface area (TPSA) is 189 Å². The van der Waals surface area contributed by atoms with Gasteiger partial charge in [-0.05, 0) is 85.7 Å². The second-order valence-electron chi connectivity index (χ2n) is 10.9. The molecule has 14 heteroatoms. The Bertz CT molecular complexity index is 2420. The Kier molecular flexibility index (Phi) is 7.19. The number of allylic oxidation sites excluding steroid dienone is 1. The average Bonchev–Trinajstić information content (AvgIpc) is 3.59. The Morgan fingerprint density at radius 2 is 1.34 bits per heavy atom. The first kappa shape index (κ1) is 30.5. The van der Waals surface area contributed by atoms with E-state index in [0.29, 0.717) is 28.1 Å². The van der Waals surface area contributed by atoms with Crippen LogP contribution in [0.3, 0.4) is 0 Å². The van der Waals surface area contributed by atoms with Crippen molar-refractivity contribution in [1.82, 2.24) is 18.9 Å². The van der Waals surface area contributed by atoms with Gasteiger partial charge in [0, 0.05) is 24.9 Å². The standard InChI is InChI=1S/C33H26N6O8/c1-16-22(28(40)36(3)26-24(16)30(42)38(34-26)20-12-8-18(9-13-20)32(44)45)6-5-7-23-17(2)25-27(37(4)29(23)41)35-39(31(25)43)21-14-10-19(11-15-21)33(46)47/h5-15,40H,1-4H3,(H,44,45)(H,46,47). The van der Waals surface area contributed by atoms with Crippen LogP contribution >= 0.6 is 0 Å². The first-order valence-corrected chi connectivity index (χ1v) is 14.1. The van der Waals surface area contributed by atoms with E-state index in [1.807, 2.05) is 0 Å². The number of hydrogen-bond donors (Lipinski definition) is 3. The predicted molar refractivity (Wildman–Crippen MR) is 170 cm³/mol. The van der Waals surface area contributed by atoms with Crippen molar-refractivity contribution in [2.24, 2.45) is 19.2 Å². The summed E-state index contributed by atoms with van der Waals surface area (Å²) < 4.78 is 3.73. The summed E-state index contributed by atoms with van der Waals surface area (Å²) in [6.45, 7) is 3.28. The predicted octanol–water partition coefficient (Wildman–Crippen LogP) is 1.78. The number of hydrogen-bond acceptors (Lipinski definition) is 8. The Hall–Kier alpha value is -6.57. The molecule has 0 saturated carbocycles. The van der Waals surface area contributed by atoms with E-state index in [0.717, 1.165) is 9.69 Å². The molecule has 0 radical (unpaired) electrons. The van der Waals surface area contributed by atoms with E-state index in [1.165, 1.54) is 82.9 Å². The third-order valence-corrected chi connectivity index (χ3v) is 8.18. The van der Waals surface area contributed by atoms with Crippen LogP contribution in [0, 0.1) is 13.8 Å². The van der Waals surface area contributed by atoms with Gasteiger partial charge in [-0.15, -0.1) is 10.2 Å². The van der Waals surface area contributed by atoms with E-state index >= 15 is 0 Å². The molecular weight excluding hydrogens is 608 g/mol. The molecule has 1 amide bonds. The molecule has 3 N–H and O–H groups in total. The summed E-state index contributed by atoms with van der Waals surface area (Å²) in [5.41, 5.74) is 1.59. The smallest absolute Gasteiger partial charge is 0.335 e. The number of aromatic nitrogens is 4. The van der Waals surface area contributed by atoms with Crippen molar-refractivity contribution in [3.8, 4) is 23.0 Å². The number of aromatic carboxylic acids is 2. The summed E-state index contributed by atoms with van der Waals surface area (Å²) in [6.07, 6.45) is 4.57. The Labute approximate surface area is 264 Å². The van der Waals surface area contributed by atoms with Gasteiger partial charge >= 0.3 is 11.9 Å². The van der Waals surface area contributed by atoms with Crippen LogP contribution in [0.25, 0.3) is 29.2 Å². The number of pyridine rings is 2. The van der Waals surface area contributed by atoms with E-state index in [2.05, 4.69) is 10.2 Å². The summed E-state index contributed by atoms with van der Waals surface area (Å²) in [4.78, 5) is 62.7. The van der Waals surface area contributed by atoms with Crippen molar-refractivity contribution in [3.05, 3.63) is 119 Å². The monoisotopic (exact) mass is 634 g/mol. The van der Waals surface area contributed by atoms with Crippen LogP contribution < -0.4 is 26.8 Å². The Morgan fingerprint density at radius 1 is 0.766 bits per heavy atom. The van der Waals surface area contributed by atoms with Crippen molar-refractivity contribution >= 4 is 35.7 Å². The molecule has 0 spiro atoms. The lowest BCUT2D eigenvalue weighted by Gasteiger charge is -2.14. The molecule has 3 aliphatic heterocycles. The van der Waals surface area contributed by atoms with E-state index in [-0.39, 0.29) is 44.7 Å². The number of benzene rings is 2. The lowest BCUT2D eigenvalue weighted by atomic mass is 10.0. The van der Waals surface area contributed by atoms with Crippen molar-refractivity contribution in [1.29, 1.82) is 0 Å². The van der Waals surface area contributed by atoms with Gasteiger partial charge in [0.2, 0.25) is 0 Å². The summed E-state index contributed by atoms with van der Waals surface area (Å²) in [6, 6.07) is 11.3. The Morgan fingerprint density at radius 3 is 1.91 bits per heavy atom. The number of carbonyl (C=O) groups is 3. The molecule has 47 heavy (non-hydrogen) atoms. The molecule has 1 aromatic heterocycles. The minimum Gasteiger partial charge on any atom is -0.494 e. The van der Waals surface area contributed by atoms with Crippen molar-refractivity contribution in [2.45, 2.75) is 13.8 Å². The van der Waals surface area contributed by atoms with E-state index in [1.54, 1.807) is 20.9 Å². The zero-order valence-corrected chi connectivity index (χ0v) is 25.4. The molecule has 236 valence electrons. The molecule has 0 unspecified atom stereocenters. The Balaban J connectivity index is 1.40. The molecule has 0 fully saturated rings. The SMILES string of the molecule is Cc1c(C=CC=c2c(C)c3c(n(C)c2=O)=NN(c2ccc(C(=O)O)cc2)C3=O)c(O)n(C)c2nn(-c3ccc(C(=O)O)cc3)c(=O)c1-2. The maximum absolute atomic E-state index is 13.5. The van der Waals surface area contributed by atoms with Gasteiger partial charge in [0.05, 0.1) is 33.6 Å². The van der Waals surface area contributed by atoms with Gasteiger partial charge in [-0.2, -0.15) is 9.69 Å². The third-order valence-electron chi connectivity index (χ3n) is 8.18. The number of nitrogens with zero attached hydrogens (tertiary/aromatic N) is 6. The van der Waals surface area contributed by atoms with Crippen LogP contribution in [-0.2, 0) is 14.1 Å². The summed E-state index contributed by atoms with van der Waals surface area (Å²) in [7, 11) is 3.03. The fourth-order valence-corrected chi connectivity index (χ4v) is 5.54. The zero-order chi connectivity index (χ0) is 33.9. The van der Waals surface area contributed by atoms with Gasteiger partial charge in [0.25, 0.3) is 17.0 Å². The number of fused-ring (bicyclic) bond motifs is 2. The number of carbonyl (C=O) groups excluding carboxylic acids is 1. The first-order chi connectivity index (χ1) is 22.3. The van der Waals surface area contributed by atoms with Gasteiger partial charge in [0.1, 0.15) is 0 Å². The molecule has 3 aromatic rings. The molecule has 0 saturated heterocycles. The number of aromatic hydroxyl groups is 1. The number of carboxylic acid groups (broad SMARTS) is 2. The highest BCUT2D eigenvalue weighted by atomic mass is 16.4. The fourth-order valence-electron chi connectivity index (χ4n) is 5.54. The van der Waals surface area contributed by atoms with Gasteiger partial charge in [0.15, 0.2) is 17.2 Å². The number of carboxylic acids is 2. The quantitative estimate of drug-likeness (QED) is 0.250. The lowest BCUT2D eigenvalue weighted by molar-refractivity contribution is 0.0686. The van der Waals surface area contributed by atoms with Gasteiger partial charge in [-0.25, -0.2) is 9.59 Å². The van der Waals surface area contributed by atoms with Crippen LogP contribution in [0.2, 0.25) is 0 Å². The molecule has 6 rings (SSSR count). The summed E-state index contributed by atoms with van der Waals surface area (Å²) in [5.74, 6) is -2.69. The molecule has 14 nitrogen and oxygen atoms in total. The second-order valence-corrected chi connectivity index (χ2v) is 10.9. The molecule has 0 aliphatic carbocycles. The molecule has 3 aliphatic rings. The number of amides is 1. The second kappa shape index (κ2) is 11.1. The fraction of sp³-hybridized carbons (Fsp3) is 0.121. The van der Waals surface area contributed by atoms with Crippen LogP contribution in [0.15, 0.2) is 69.3 Å². The van der Waals surface area contributed by atoms with Gasteiger partial charge in [-0.3, -0.25) is 23.5 Å². The van der Waals surface area contributed by atoms with Crippen LogP contribution in [-0.4, -0.2) is 52.1 Å². The van der Waals surface area contributed by atoms with E-state index in [4.69, 9.17) is 0 Å². The largest absolute Gasteiger partial charge is 0.494 e. The maximum Gasteiger partial charge on any atom is 0.335 e. The van der Waals surface area contributed by atoms with Crippen LogP contribution in [0.4, 0.5) is 5.69 Å². The van der Waals surface area contributed by atoms with Crippen LogP contribution in [0.5, 0.6) is 5.88 Å². The zero-order valence-electron chi connectivity index (χ0n) is 25.4. The number of anilines is 1.